The number of aromatic nitrogens is 1. The SMILES string of the molecule is C[C@H](NC(=O)c1c[nH]c2ccccc2c1=O)C(=O)O. The number of hydrogen-bond donors (Lipinski definition) is 3. The van der Waals surface area contributed by atoms with Crippen LogP contribution in [0.5, 0.6) is 0 Å². The number of aromatic amines is 1. The van der Waals surface area contributed by atoms with Crippen LogP contribution < -0.4 is 10.7 Å². The summed E-state index contributed by atoms with van der Waals surface area (Å²) in [4.78, 5) is 37.4. The maximum atomic E-state index is 12.1. The molecule has 6 heteroatoms. The van der Waals surface area contributed by atoms with Gasteiger partial charge >= 0.3 is 5.97 Å². The Labute approximate surface area is 108 Å². The first-order valence-corrected chi connectivity index (χ1v) is 5.65. The quantitative estimate of drug-likeness (QED) is 0.757. The number of fused-ring (bicyclic) bond motifs is 1. The van der Waals surface area contributed by atoms with E-state index in [0.717, 1.165) is 0 Å². The summed E-state index contributed by atoms with van der Waals surface area (Å²) in [6.07, 6.45) is 1.29. The molecule has 0 aliphatic rings. The summed E-state index contributed by atoms with van der Waals surface area (Å²) in [5.41, 5.74) is 0.0894. The van der Waals surface area contributed by atoms with Gasteiger partial charge in [0.25, 0.3) is 5.91 Å². The number of amides is 1. The fourth-order valence-corrected chi connectivity index (χ4v) is 1.67. The highest BCUT2D eigenvalue weighted by molar-refractivity contribution is 5.98. The summed E-state index contributed by atoms with van der Waals surface area (Å²) >= 11 is 0. The van der Waals surface area contributed by atoms with Gasteiger partial charge < -0.3 is 15.4 Å². The van der Waals surface area contributed by atoms with Gasteiger partial charge in [0.2, 0.25) is 5.43 Å². The molecule has 0 spiro atoms. The molecule has 0 saturated carbocycles. The third-order valence-electron chi connectivity index (χ3n) is 2.75. The number of hydrogen-bond acceptors (Lipinski definition) is 3. The molecule has 1 amide bonds. The minimum Gasteiger partial charge on any atom is -0.480 e. The number of carboxylic acid groups (broad SMARTS) is 1. The number of benzene rings is 1. The van der Waals surface area contributed by atoms with E-state index >= 15 is 0 Å². The predicted octanol–water partition coefficient (Wildman–Crippen LogP) is 0.731. The number of carbonyl (C=O) groups excluding carboxylic acids is 1. The summed E-state index contributed by atoms with van der Waals surface area (Å²) in [7, 11) is 0. The fourth-order valence-electron chi connectivity index (χ4n) is 1.67. The molecule has 98 valence electrons. The van der Waals surface area contributed by atoms with E-state index in [-0.39, 0.29) is 5.56 Å². The zero-order valence-electron chi connectivity index (χ0n) is 10.1. The molecule has 0 unspecified atom stereocenters. The van der Waals surface area contributed by atoms with Crippen molar-refractivity contribution in [2.45, 2.75) is 13.0 Å². The Bertz CT molecular complexity index is 705. The molecule has 1 aromatic carbocycles. The van der Waals surface area contributed by atoms with Crippen molar-refractivity contribution in [3.63, 3.8) is 0 Å². The Balaban J connectivity index is 2.41. The molecule has 0 aliphatic heterocycles. The molecular weight excluding hydrogens is 248 g/mol. The van der Waals surface area contributed by atoms with Crippen LogP contribution in [0.3, 0.4) is 0 Å². The lowest BCUT2D eigenvalue weighted by Crippen LogP contribution is -2.40. The lowest BCUT2D eigenvalue weighted by atomic mass is 10.1. The van der Waals surface area contributed by atoms with E-state index in [2.05, 4.69) is 10.3 Å². The number of carbonyl (C=O) groups is 2. The zero-order valence-corrected chi connectivity index (χ0v) is 10.1. The lowest BCUT2D eigenvalue weighted by molar-refractivity contribution is -0.138. The topological polar surface area (TPSA) is 99.3 Å². The third kappa shape index (κ3) is 2.47. The highest BCUT2D eigenvalue weighted by Gasteiger charge is 2.18. The molecule has 1 heterocycles. The summed E-state index contributed by atoms with van der Waals surface area (Å²) in [5.74, 6) is -1.87. The van der Waals surface area contributed by atoms with Gasteiger partial charge in [0.1, 0.15) is 11.6 Å². The molecule has 1 atom stereocenters. The maximum Gasteiger partial charge on any atom is 0.325 e. The third-order valence-corrected chi connectivity index (χ3v) is 2.75. The summed E-state index contributed by atoms with van der Waals surface area (Å²) in [6, 6.07) is 5.73. The molecule has 0 bridgehead atoms. The maximum absolute atomic E-state index is 12.1. The number of H-pyrrole nitrogens is 1. The van der Waals surface area contributed by atoms with Gasteiger partial charge in [0.15, 0.2) is 0 Å². The fraction of sp³-hybridized carbons (Fsp3) is 0.154. The average molecular weight is 260 g/mol. The Kier molecular flexibility index (Phi) is 3.33. The molecule has 6 nitrogen and oxygen atoms in total. The van der Waals surface area contributed by atoms with Crippen LogP contribution in [0.15, 0.2) is 35.3 Å². The van der Waals surface area contributed by atoms with Crippen LogP contribution in [0.25, 0.3) is 10.9 Å². The molecule has 0 radical (unpaired) electrons. The standard InChI is InChI=1S/C13H12N2O4/c1-7(13(18)19)15-12(17)9-6-14-10-5-3-2-4-8(10)11(9)16/h2-7H,1H3,(H,14,16)(H,15,17)(H,18,19)/t7-/m0/s1. The Morgan fingerprint density at radius 2 is 2.00 bits per heavy atom. The Morgan fingerprint density at radius 3 is 2.68 bits per heavy atom. The molecular formula is C13H12N2O4. The van der Waals surface area contributed by atoms with Crippen LogP contribution in [0, 0.1) is 0 Å². The van der Waals surface area contributed by atoms with Gasteiger partial charge in [-0.2, -0.15) is 0 Å². The van der Waals surface area contributed by atoms with Gasteiger partial charge in [-0.05, 0) is 19.1 Å². The summed E-state index contributed by atoms with van der Waals surface area (Å²) < 4.78 is 0. The first kappa shape index (κ1) is 12.8. The zero-order chi connectivity index (χ0) is 14.0. The normalized spacial score (nSPS) is 12.1. The summed E-state index contributed by atoms with van der Waals surface area (Å²) in [5, 5.41) is 11.3. The van der Waals surface area contributed by atoms with Gasteiger partial charge in [0.05, 0.1) is 0 Å². The molecule has 0 fully saturated rings. The van der Waals surface area contributed by atoms with E-state index in [0.29, 0.717) is 10.9 Å². The second kappa shape index (κ2) is 4.93. The summed E-state index contributed by atoms with van der Waals surface area (Å²) in [6.45, 7) is 1.33. The molecule has 3 N–H and O–H groups in total. The van der Waals surface area contributed by atoms with Gasteiger partial charge in [-0.25, -0.2) is 0 Å². The van der Waals surface area contributed by atoms with Crippen LogP contribution in [0.1, 0.15) is 17.3 Å². The van der Waals surface area contributed by atoms with E-state index < -0.39 is 23.3 Å². The van der Waals surface area contributed by atoms with E-state index in [1.165, 1.54) is 13.1 Å². The molecule has 0 saturated heterocycles. The highest BCUT2D eigenvalue weighted by Crippen LogP contribution is 2.07. The second-order valence-electron chi connectivity index (χ2n) is 4.11. The Hall–Kier alpha value is -2.63. The highest BCUT2D eigenvalue weighted by atomic mass is 16.4. The molecule has 1 aromatic heterocycles. The minimum absolute atomic E-state index is 0.105. The molecule has 2 rings (SSSR count). The molecule has 2 aromatic rings. The second-order valence-corrected chi connectivity index (χ2v) is 4.11. The van der Waals surface area contributed by atoms with Gasteiger partial charge in [-0.3, -0.25) is 14.4 Å². The van der Waals surface area contributed by atoms with Crippen molar-refractivity contribution >= 4 is 22.8 Å². The van der Waals surface area contributed by atoms with Gasteiger partial charge in [-0.1, -0.05) is 12.1 Å². The number of pyridine rings is 1. The number of rotatable bonds is 3. The van der Waals surface area contributed by atoms with Crippen LogP contribution >= 0.6 is 0 Å². The van der Waals surface area contributed by atoms with Crippen molar-refractivity contribution in [2.75, 3.05) is 0 Å². The molecule has 0 aliphatic carbocycles. The number of nitrogens with one attached hydrogen (secondary N) is 2. The van der Waals surface area contributed by atoms with Crippen molar-refractivity contribution in [3.05, 3.63) is 46.2 Å². The first-order valence-electron chi connectivity index (χ1n) is 5.65. The van der Waals surface area contributed by atoms with E-state index in [4.69, 9.17) is 5.11 Å². The van der Waals surface area contributed by atoms with E-state index in [9.17, 15) is 14.4 Å². The number of aliphatic carboxylic acids is 1. The van der Waals surface area contributed by atoms with Crippen LogP contribution in [0.2, 0.25) is 0 Å². The number of para-hydroxylation sites is 1. The lowest BCUT2D eigenvalue weighted by Gasteiger charge is -2.09. The van der Waals surface area contributed by atoms with Crippen molar-refractivity contribution < 1.29 is 14.7 Å². The Morgan fingerprint density at radius 1 is 1.32 bits per heavy atom. The van der Waals surface area contributed by atoms with Crippen LogP contribution in [0.4, 0.5) is 0 Å². The van der Waals surface area contributed by atoms with Crippen molar-refractivity contribution in [2.24, 2.45) is 0 Å². The smallest absolute Gasteiger partial charge is 0.325 e. The van der Waals surface area contributed by atoms with Gasteiger partial charge in [-0.15, -0.1) is 0 Å². The van der Waals surface area contributed by atoms with Gasteiger partial charge in [0, 0.05) is 17.1 Å². The van der Waals surface area contributed by atoms with E-state index in [1.54, 1.807) is 24.3 Å². The van der Waals surface area contributed by atoms with E-state index in [1.807, 2.05) is 0 Å². The van der Waals surface area contributed by atoms with Crippen LogP contribution in [-0.2, 0) is 4.79 Å². The molecule has 19 heavy (non-hydrogen) atoms. The average Bonchev–Trinajstić information content (AvgIpc) is 2.39. The first-order chi connectivity index (χ1) is 9.00. The monoisotopic (exact) mass is 260 g/mol. The minimum atomic E-state index is -1.16. The van der Waals surface area contributed by atoms with Crippen molar-refractivity contribution in [3.8, 4) is 0 Å². The van der Waals surface area contributed by atoms with Crippen molar-refractivity contribution in [1.82, 2.24) is 10.3 Å². The van der Waals surface area contributed by atoms with Crippen LogP contribution in [-0.4, -0.2) is 28.0 Å². The predicted molar refractivity (Wildman–Crippen MR) is 69.1 cm³/mol. The largest absolute Gasteiger partial charge is 0.480 e. The number of carboxylic acids is 1. The van der Waals surface area contributed by atoms with Crippen molar-refractivity contribution in [1.29, 1.82) is 0 Å².